The van der Waals surface area contributed by atoms with Crippen molar-refractivity contribution in [1.29, 1.82) is 0 Å². The van der Waals surface area contributed by atoms with Crippen LogP contribution in [-0.2, 0) is 27.3 Å². The van der Waals surface area contributed by atoms with E-state index in [9.17, 15) is 4.79 Å². The Morgan fingerprint density at radius 1 is 1.22 bits per heavy atom. The number of carbonyl (C=O) groups is 1. The van der Waals surface area contributed by atoms with Crippen molar-refractivity contribution in [3.05, 3.63) is 23.0 Å². The Morgan fingerprint density at radius 2 is 2.03 bits per heavy atom. The number of anilines is 1. The number of nitrogens with zero attached hydrogens (tertiary/aromatic N) is 5. The van der Waals surface area contributed by atoms with Crippen molar-refractivity contribution in [2.45, 2.75) is 51.0 Å². The molecule has 2 saturated heterocycles. The number of carbonyl (C=O) groups excluding carboxylic acids is 1. The zero-order valence-electron chi connectivity index (χ0n) is 19.2. The van der Waals surface area contributed by atoms with E-state index >= 15 is 0 Å². The highest BCUT2D eigenvalue weighted by atomic mass is 32.2. The van der Waals surface area contributed by atoms with Crippen LogP contribution in [-0.4, -0.2) is 83.6 Å². The topological polar surface area (TPSA) is 83.6 Å². The number of morpholine rings is 1. The number of rotatable bonds is 10. The van der Waals surface area contributed by atoms with E-state index < -0.39 is 0 Å². The van der Waals surface area contributed by atoms with E-state index in [4.69, 9.17) is 14.2 Å². The third-order valence-electron chi connectivity index (χ3n) is 6.13. The van der Waals surface area contributed by atoms with Gasteiger partial charge in [0.25, 0.3) is 0 Å². The van der Waals surface area contributed by atoms with E-state index in [0.29, 0.717) is 32.1 Å². The van der Waals surface area contributed by atoms with E-state index in [2.05, 4.69) is 24.2 Å². The molecule has 10 heteroatoms. The molecule has 1 atom stereocenters. The molecular formula is C22H33N5O4S. The number of hydrogen-bond acceptors (Lipinski definition) is 8. The highest BCUT2D eigenvalue weighted by Gasteiger charge is 2.25. The summed E-state index contributed by atoms with van der Waals surface area (Å²) < 4.78 is 20.8. The van der Waals surface area contributed by atoms with Gasteiger partial charge in [-0.05, 0) is 32.8 Å². The summed E-state index contributed by atoms with van der Waals surface area (Å²) in [5.74, 6) is 1.27. The summed E-state index contributed by atoms with van der Waals surface area (Å²) in [5.41, 5.74) is 2.83. The van der Waals surface area contributed by atoms with Crippen molar-refractivity contribution < 1.29 is 19.0 Å². The van der Waals surface area contributed by atoms with Crippen LogP contribution in [0.4, 0.5) is 5.95 Å². The normalized spacial score (nSPS) is 19.1. The maximum atomic E-state index is 13.1. The highest BCUT2D eigenvalue weighted by molar-refractivity contribution is 7.99. The molecule has 2 aliphatic rings. The van der Waals surface area contributed by atoms with E-state index in [-0.39, 0.29) is 11.9 Å². The summed E-state index contributed by atoms with van der Waals surface area (Å²) in [6.07, 6.45) is 2.29. The van der Waals surface area contributed by atoms with Crippen LogP contribution in [0.2, 0.25) is 0 Å². The Balaban J connectivity index is 1.48. The van der Waals surface area contributed by atoms with Crippen LogP contribution in [0.3, 0.4) is 0 Å². The Hall–Kier alpha value is -1.88. The number of thioether (sulfide) groups is 1. The van der Waals surface area contributed by atoms with Crippen molar-refractivity contribution in [3.8, 4) is 0 Å². The van der Waals surface area contributed by atoms with Crippen molar-refractivity contribution in [1.82, 2.24) is 19.3 Å². The minimum Gasteiger partial charge on any atom is -0.383 e. The van der Waals surface area contributed by atoms with Crippen LogP contribution in [0.25, 0.3) is 0 Å². The molecule has 0 amide bonds. The summed E-state index contributed by atoms with van der Waals surface area (Å²) in [5, 5.41) is 9.70. The Kier molecular flexibility index (Phi) is 7.88. The average Bonchev–Trinajstić information content (AvgIpc) is 3.52. The fraction of sp³-hybridized carbons (Fsp3) is 0.682. The summed E-state index contributed by atoms with van der Waals surface area (Å²) in [7, 11) is 1.69. The van der Waals surface area contributed by atoms with Crippen LogP contribution in [0.15, 0.2) is 11.2 Å². The number of methoxy groups -OCH3 is 1. The van der Waals surface area contributed by atoms with Gasteiger partial charge in [-0.25, -0.2) is 0 Å². The number of Topliss-reactive ketones (excluding diaryl/α,β-unsaturated/α-hetero) is 1. The van der Waals surface area contributed by atoms with Crippen LogP contribution < -0.4 is 4.90 Å². The maximum absolute atomic E-state index is 13.1. The minimum atomic E-state index is 0.103. The molecule has 2 aromatic rings. The first kappa shape index (κ1) is 23.3. The number of aromatic nitrogens is 4. The van der Waals surface area contributed by atoms with Gasteiger partial charge < -0.3 is 23.7 Å². The van der Waals surface area contributed by atoms with Crippen LogP contribution in [0.1, 0.15) is 34.6 Å². The van der Waals surface area contributed by atoms with E-state index in [1.54, 1.807) is 7.11 Å². The average molecular weight is 464 g/mol. The lowest BCUT2D eigenvalue weighted by molar-refractivity contribution is 0.0942. The van der Waals surface area contributed by atoms with Gasteiger partial charge in [0.2, 0.25) is 5.95 Å². The number of ketones is 1. The van der Waals surface area contributed by atoms with Crippen molar-refractivity contribution in [2.75, 3.05) is 57.3 Å². The molecule has 2 fully saturated rings. The molecule has 2 aromatic heterocycles. The minimum absolute atomic E-state index is 0.103. The van der Waals surface area contributed by atoms with Crippen LogP contribution in [0.5, 0.6) is 0 Å². The molecule has 0 bridgehead atoms. The lowest BCUT2D eigenvalue weighted by Crippen LogP contribution is -2.38. The SMILES string of the molecule is COCCn1c(C)cc(C(=O)CSc2nnc(N3CCOCC3)n2CC2CCCO2)c1C. The molecule has 1 unspecified atom stereocenters. The third-order valence-corrected chi connectivity index (χ3v) is 7.09. The smallest absolute Gasteiger partial charge is 0.228 e. The summed E-state index contributed by atoms with van der Waals surface area (Å²) in [6.45, 7) is 9.86. The molecule has 176 valence electrons. The molecule has 9 nitrogen and oxygen atoms in total. The molecule has 0 N–H and O–H groups in total. The highest BCUT2D eigenvalue weighted by Crippen LogP contribution is 2.27. The molecule has 0 saturated carbocycles. The standard InChI is InChI=1S/C22H33N5O4S/c1-16-13-19(17(2)26(16)8-10-29-3)20(28)15-32-22-24-23-21(25-6-11-30-12-7-25)27(22)14-18-5-4-9-31-18/h13,18H,4-12,14-15H2,1-3H3. The number of ether oxygens (including phenoxy) is 3. The predicted molar refractivity (Wildman–Crippen MR) is 123 cm³/mol. The van der Waals surface area contributed by atoms with Gasteiger partial charge in [-0.15, -0.1) is 10.2 Å². The molecule has 0 aliphatic carbocycles. The summed E-state index contributed by atoms with van der Waals surface area (Å²) in [4.78, 5) is 15.3. The molecule has 0 aromatic carbocycles. The Labute approximate surface area is 193 Å². The first-order valence-corrected chi connectivity index (χ1v) is 12.3. The fourth-order valence-electron chi connectivity index (χ4n) is 4.35. The first-order valence-electron chi connectivity index (χ1n) is 11.3. The molecule has 2 aliphatic heterocycles. The predicted octanol–water partition coefficient (Wildman–Crippen LogP) is 2.33. The molecule has 32 heavy (non-hydrogen) atoms. The number of aryl methyl sites for hydroxylation is 1. The van der Waals surface area contributed by atoms with Gasteiger partial charge >= 0.3 is 0 Å². The third kappa shape index (κ3) is 5.19. The second kappa shape index (κ2) is 10.8. The molecule has 4 heterocycles. The van der Waals surface area contributed by atoms with E-state index in [0.717, 1.165) is 67.1 Å². The zero-order chi connectivity index (χ0) is 22.5. The van der Waals surface area contributed by atoms with Crippen molar-refractivity contribution >= 4 is 23.5 Å². The van der Waals surface area contributed by atoms with E-state index in [1.165, 1.54) is 11.8 Å². The Bertz CT molecular complexity index is 916. The Morgan fingerprint density at radius 3 is 2.75 bits per heavy atom. The van der Waals surface area contributed by atoms with Crippen LogP contribution in [0, 0.1) is 13.8 Å². The molecule has 0 radical (unpaired) electrons. The molecule has 4 rings (SSSR count). The van der Waals surface area contributed by atoms with Crippen LogP contribution >= 0.6 is 11.8 Å². The van der Waals surface area contributed by atoms with Gasteiger partial charge in [0, 0.05) is 50.3 Å². The quantitative estimate of drug-likeness (QED) is 0.392. The van der Waals surface area contributed by atoms with E-state index in [1.807, 2.05) is 19.9 Å². The fourth-order valence-corrected chi connectivity index (χ4v) is 5.18. The summed E-state index contributed by atoms with van der Waals surface area (Å²) in [6, 6.07) is 1.98. The van der Waals surface area contributed by atoms with Gasteiger partial charge in [-0.3, -0.25) is 9.36 Å². The lowest BCUT2D eigenvalue weighted by Gasteiger charge is -2.28. The van der Waals surface area contributed by atoms with Gasteiger partial charge in [0.15, 0.2) is 10.9 Å². The van der Waals surface area contributed by atoms with Gasteiger partial charge in [0.05, 0.1) is 38.2 Å². The summed E-state index contributed by atoms with van der Waals surface area (Å²) >= 11 is 1.45. The van der Waals surface area contributed by atoms with Gasteiger partial charge in [0.1, 0.15) is 0 Å². The number of hydrogen-bond donors (Lipinski definition) is 0. The van der Waals surface area contributed by atoms with Crippen molar-refractivity contribution in [3.63, 3.8) is 0 Å². The van der Waals surface area contributed by atoms with Crippen molar-refractivity contribution in [2.24, 2.45) is 0 Å². The lowest BCUT2D eigenvalue weighted by atomic mass is 10.2. The molecule has 0 spiro atoms. The maximum Gasteiger partial charge on any atom is 0.228 e. The zero-order valence-corrected chi connectivity index (χ0v) is 20.0. The monoisotopic (exact) mass is 463 g/mol. The van der Waals surface area contributed by atoms with Gasteiger partial charge in [-0.1, -0.05) is 11.8 Å². The first-order chi connectivity index (χ1) is 15.6. The second-order valence-corrected chi connectivity index (χ2v) is 9.21. The van der Waals surface area contributed by atoms with Gasteiger partial charge in [-0.2, -0.15) is 0 Å². The second-order valence-electron chi connectivity index (χ2n) is 8.27. The largest absolute Gasteiger partial charge is 0.383 e. The molecular weight excluding hydrogens is 430 g/mol.